The molecule has 0 N–H and O–H groups in total. The van der Waals surface area contributed by atoms with Gasteiger partial charge in [-0.25, -0.2) is 4.79 Å². The summed E-state index contributed by atoms with van der Waals surface area (Å²) in [5.74, 6) is -0.272. The van der Waals surface area contributed by atoms with Crippen LogP contribution >= 0.6 is 0 Å². The maximum Gasteiger partial charge on any atom is 0.333 e. The molecule has 0 aromatic heterocycles. The fraction of sp³-hybridized carbons (Fsp3) is 0.700. The molecule has 0 amide bonds. The zero-order valence-electron chi connectivity index (χ0n) is 7.79. The fourth-order valence-electron chi connectivity index (χ4n) is 1.89. The molecule has 3 heteroatoms. The van der Waals surface area contributed by atoms with E-state index in [0.29, 0.717) is 17.8 Å². The van der Waals surface area contributed by atoms with Crippen molar-refractivity contribution >= 4 is 5.97 Å². The Bertz CT molecular complexity index is 231. The molecule has 2 aliphatic heterocycles. The molecule has 13 heavy (non-hydrogen) atoms. The first-order valence-corrected chi connectivity index (χ1v) is 4.67. The Labute approximate surface area is 77.7 Å². The monoisotopic (exact) mass is 182 g/mol. The number of carbonyl (C=O) groups excluding carboxylic acids is 1. The zero-order chi connectivity index (χ0) is 9.42. The van der Waals surface area contributed by atoms with Gasteiger partial charge in [0.15, 0.2) is 0 Å². The van der Waals surface area contributed by atoms with Crippen molar-refractivity contribution in [2.24, 2.45) is 0 Å². The summed E-state index contributed by atoms with van der Waals surface area (Å²) in [6.07, 6.45) is 3.58. The molecule has 2 saturated heterocycles. The number of hydrogen-bond acceptors (Lipinski definition) is 3. The minimum Gasteiger partial charge on any atom is -0.459 e. The fourth-order valence-corrected chi connectivity index (χ4v) is 1.89. The molecule has 3 fully saturated rings. The molecule has 1 saturated carbocycles. The van der Waals surface area contributed by atoms with Gasteiger partial charge >= 0.3 is 5.97 Å². The number of ether oxygens (including phenoxy) is 2. The Kier molecular flexibility index (Phi) is 2.12. The van der Waals surface area contributed by atoms with Gasteiger partial charge in [-0.2, -0.15) is 0 Å². The molecule has 72 valence electrons. The van der Waals surface area contributed by atoms with Crippen LogP contribution in [0.2, 0.25) is 0 Å². The van der Waals surface area contributed by atoms with Gasteiger partial charge in [-0.15, -0.1) is 0 Å². The van der Waals surface area contributed by atoms with Crippen LogP contribution in [0.15, 0.2) is 12.2 Å². The van der Waals surface area contributed by atoms with Crippen molar-refractivity contribution < 1.29 is 14.3 Å². The number of carbonyl (C=O) groups is 1. The summed E-state index contributed by atoms with van der Waals surface area (Å²) >= 11 is 0. The van der Waals surface area contributed by atoms with Gasteiger partial charge in [0.05, 0.1) is 12.2 Å². The quantitative estimate of drug-likeness (QED) is 0.478. The average Bonchev–Trinajstić information content (AvgIpc) is 2.02. The summed E-state index contributed by atoms with van der Waals surface area (Å²) in [6.45, 7) is 5.21. The van der Waals surface area contributed by atoms with E-state index in [-0.39, 0.29) is 12.1 Å². The molecule has 0 spiro atoms. The van der Waals surface area contributed by atoms with E-state index in [9.17, 15) is 4.79 Å². The van der Waals surface area contributed by atoms with Crippen LogP contribution in [-0.2, 0) is 14.3 Å². The van der Waals surface area contributed by atoms with Crippen LogP contribution in [-0.4, -0.2) is 24.3 Å². The lowest BCUT2D eigenvalue weighted by Gasteiger charge is -2.44. The molecule has 0 aromatic rings. The summed E-state index contributed by atoms with van der Waals surface area (Å²) in [6, 6.07) is 0. The molecule has 3 nitrogen and oxygen atoms in total. The minimum absolute atomic E-state index is 0.0571. The third-order valence-electron chi connectivity index (χ3n) is 2.58. The van der Waals surface area contributed by atoms with E-state index in [1.165, 1.54) is 0 Å². The molecule has 2 atom stereocenters. The van der Waals surface area contributed by atoms with Crippen molar-refractivity contribution in [3.8, 4) is 0 Å². The Morgan fingerprint density at radius 3 is 2.38 bits per heavy atom. The molecule has 2 unspecified atom stereocenters. The summed E-state index contributed by atoms with van der Waals surface area (Å²) in [7, 11) is 0. The summed E-state index contributed by atoms with van der Waals surface area (Å²) < 4.78 is 10.7. The van der Waals surface area contributed by atoms with Crippen LogP contribution in [0.5, 0.6) is 0 Å². The van der Waals surface area contributed by atoms with E-state index < -0.39 is 0 Å². The second kappa shape index (κ2) is 3.14. The van der Waals surface area contributed by atoms with E-state index in [2.05, 4.69) is 6.58 Å². The van der Waals surface area contributed by atoms with Crippen molar-refractivity contribution in [1.29, 1.82) is 0 Å². The minimum atomic E-state index is -0.272. The third kappa shape index (κ3) is 1.75. The predicted octanol–water partition coefficient (Wildman–Crippen LogP) is 1.43. The number of fused-ring (bicyclic) bond motifs is 2. The molecule has 2 heterocycles. The van der Waals surface area contributed by atoms with Crippen LogP contribution in [0.25, 0.3) is 0 Å². The lowest BCUT2D eigenvalue weighted by molar-refractivity contribution is -0.198. The van der Waals surface area contributed by atoms with Gasteiger partial charge in [0.25, 0.3) is 0 Å². The lowest BCUT2D eigenvalue weighted by Crippen LogP contribution is -2.48. The first kappa shape index (κ1) is 8.75. The Balaban J connectivity index is 1.82. The van der Waals surface area contributed by atoms with Crippen LogP contribution in [0.4, 0.5) is 0 Å². The Morgan fingerprint density at radius 2 is 1.92 bits per heavy atom. The van der Waals surface area contributed by atoms with Crippen LogP contribution < -0.4 is 0 Å². The van der Waals surface area contributed by atoms with Crippen LogP contribution in [0.1, 0.15) is 26.2 Å². The van der Waals surface area contributed by atoms with Gasteiger partial charge in [0.1, 0.15) is 6.10 Å². The van der Waals surface area contributed by atoms with Crippen molar-refractivity contribution in [1.82, 2.24) is 0 Å². The van der Waals surface area contributed by atoms with Crippen LogP contribution in [0.3, 0.4) is 0 Å². The highest BCUT2D eigenvalue weighted by Crippen LogP contribution is 2.36. The van der Waals surface area contributed by atoms with Gasteiger partial charge in [0.2, 0.25) is 0 Å². The molecular weight excluding hydrogens is 168 g/mol. The highest BCUT2D eigenvalue weighted by atomic mass is 16.6. The normalized spacial score (nSPS) is 36.2. The summed E-state index contributed by atoms with van der Waals surface area (Å²) in [5, 5.41) is 0. The van der Waals surface area contributed by atoms with Gasteiger partial charge in [-0.3, -0.25) is 0 Å². The largest absolute Gasteiger partial charge is 0.459 e. The third-order valence-corrected chi connectivity index (χ3v) is 2.58. The van der Waals surface area contributed by atoms with E-state index in [1.807, 2.05) is 0 Å². The van der Waals surface area contributed by atoms with Gasteiger partial charge in [0, 0.05) is 24.8 Å². The highest BCUT2D eigenvalue weighted by Gasteiger charge is 2.40. The number of esters is 1. The second-order valence-corrected chi connectivity index (χ2v) is 3.89. The number of rotatable bonds is 2. The average molecular weight is 182 g/mol. The first-order valence-electron chi connectivity index (χ1n) is 4.67. The molecule has 0 aromatic carbocycles. The standard InChI is InChI=1S/C10H14O3/c1-6(2)10(11)13-9-4-7-3-8(5-9)12-7/h7-9H,1,3-5H2,2H3. The van der Waals surface area contributed by atoms with Crippen molar-refractivity contribution in [2.45, 2.75) is 44.5 Å². The predicted molar refractivity (Wildman–Crippen MR) is 47.2 cm³/mol. The number of hydrogen-bond donors (Lipinski definition) is 0. The first-order chi connectivity index (χ1) is 6.15. The van der Waals surface area contributed by atoms with E-state index in [0.717, 1.165) is 19.3 Å². The summed E-state index contributed by atoms with van der Waals surface area (Å²) in [4.78, 5) is 11.2. The van der Waals surface area contributed by atoms with Gasteiger partial charge in [-0.1, -0.05) is 6.58 Å². The maximum atomic E-state index is 11.2. The topological polar surface area (TPSA) is 35.5 Å². The van der Waals surface area contributed by atoms with Gasteiger partial charge < -0.3 is 9.47 Å². The lowest BCUT2D eigenvalue weighted by atomic mass is 9.87. The van der Waals surface area contributed by atoms with E-state index in [1.54, 1.807) is 6.92 Å². The van der Waals surface area contributed by atoms with Gasteiger partial charge in [-0.05, 0) is 6.92 Å². The molecule has 1 aliphatic carbocycles. The Morgan fingerprint density at radius 1 is 1.38 bits per heavy atom. The summed E-state index contributed by atoms with van der Waals surface area (Å²) in [5.41, 5.74) is 0.472. The molecule has 3 rings (SSSR count). The zero-order valence-corrected chi connectivity index (χ0v) is 7.79. The van der Waals surface area contributed by atoms with E-state index in [4.69, 9.17) is 9.47 Å². The van der Waals surface area contributed by atoms with E-state index >= 15 is 0 Å². The van der Waals surface area contributed by atoms with Crippen molar-refractivity contribution in [2.75, 3.05) is 0 Å². The molecule has 0 radical (unpaired) electrons. The SMILES string of the molecule is C=C(C)C(=O)OC1CC2CC(C1)O2. The highest BCUT2D eigenvalue weighted by molar-refractivity contribution is 5.87. The molecular formula is C10H14O3. The van der Waals surface area contributed by atoms with Crippen molar-refractivity contribution in [3.05, 3.63) is 12.2 Å². The van der Waals surface area contributed by atoms with Crippen molar-refractivity contribution in [3.63, 3.8) is 0 Å². The smallest absolute Gasteiger partial charge is 0.333 e. The maximum absolute atomic E-state index is 11.2. The van der Waals surface area contributed by atoms with Crippen LogP contribution in [0, 0.1) is 0 Å². The molecule has 2 bridgehead atoms. The molecule has 3 aliphatic rings. The second-order valence-electron chi connectivity index (χ2n) is 3.89. The Hall–Kier alpha value is -0.830.